The molecule has 2 saturated heterocycles. The number of aromatic nitrogens is 1. The molecular weight excluding hydrogens is 335 g/mol. The van der Waals surface area contributed by atoms with Crippen LogP contribution in [0.2, 0.25) is 0 Å². The second-order valence-corrected chi connectivity index (χ2v) is 5.47. The highest BCUT2D eigenvalue weighted by atomic mass is 35.5. The van der Waals surface area contributed by atoms with Gasteiger partial charge in [0.1, 0.15) is 0 Å². The number of amides is 1. The molecule has 0 radical (unpaired) electrons. The fraction of sp³-hybridized carbons (Fsp3) is 0.571. The first-order chi connectivity index (χ1) is 10.4. The Morgan fingerprint density at radius 3 is 2.78 bits per heavy atom. The van der Waals surface area contributed by atoms with Crippen molar-refractivity contribution in [1.82, 2.24) is 15.2 Å². The molecule has 9 heteroatoms. The molecule has 2 atom stereocenters. The van der Waals surface area contributed by atoms with Crippen molar-refractivity contribution in [2.45, 2.75) is 31.2 Å². The number of carbonyl (C=O) groups excluding carboxylic acids is 1. The number of hydrogen-bond donors (Lipinski definition) is 1. The fourth-order valence-electron chi connectivity index (χ4n) is 2.83. The molecule has 0 aliphatic carbocycles. The molecule has 3 heterocycles. The SMILES string of the molecule is Cl.O=C1C(Oc2ccc(C(F)(F)F)cn2)C[C@H]2CNCCCN12. The molecule has 2 fully saturated rings. The standard InChI is InChI=1S/C14H16F3N3O2.ClH/c15-14(16,17)9-2-3-12(19-7-9)22-11-6-10-8-18-4-1-5-20(10)13(11)21;/h2-3,7,10-11,18H,1,4-6,8H2;1H/t10-,11?;/m0./s1. The summed E-state index contributed by atoms with van der Waals surface area (Å²) in [5.41, 5.74) is -0.837. The number of hydrogen-bond acceptors (Lipinski definition) is 4. The lowest BCUT2D eigenvalue weighted by atomic mass is 10.2. The van der Waals surface area contributed by atoms with Gasteiger partial charge in [0.15, 0.2) is 6.10 Å². The third-order valence-electron chi connectivity index (χ3n) is 3.94. The summed E-state index contributed by atoms with van der Waals surface area (Å²) in [4.78, 5) is 17.7. The molecule has 1 N–H and O–H groups in total. The summed E-state index contributed by atoms with van der Waals surface area (Å²) in [7, 11) is 0. The molecule has 0 bridgehead atoms. The second kappa shape index (κ2) is 6.92. The molecular formula is C14H17ClF3N3O2. The van der Waals surface area contributed by atoms with Crippen molar-refractivity contribution < 1.29 is 22.7 Å². The molecule has 1 aromatic heterocycles. The Labute approximate surface area is 137 Å². The van der Waals surface area contributed by atoms with Crippen molar-refractivity contribution in [3.8, 4) is 5.88 Å². The number of alkyl halides is 3. The number of fused-ring (bicyclic) bond motifs is 1. The van der Waals surface area contributed by atoms with Gasteiger partial charge in [-0.1, -0.05) is 0 Å². The maximum Gasteiger partial charge on any atom is 0.417 e. The molecule has 1 unspecified atom stereocenters. The fourth-order valence-corrected chi connectivity index (χ4v) is 2.83. The van der Waals surface area contributed by atoms with E-state index in [-0.39, 0.29) is 30.2 Å². The minimum absolute atomic E-state index is 0. The second-order valence-electron chi connectivity index (χ2n) is 5.47. The van der Waals surface area contributed by atoms with Crippen molar-refractivity contribution in [2.75, 3.05) is 19.6 Å². The van der Waals surface area contributed by atoms with Gasteiger partial charge in [-0.25, -0.2) is 4.98 Å². The molecule has 128 valence electrons. The Bertz CT molecular complexity index is 553. The van der Waals surface area contributed by atoms with E-state index >= 15 is 0 Å². The van der Waals surface area contributed by atoms with Crippen molar-refractivity contribution in [1.29, 1.82) is 0 Å². The van der Waals surface area contributed by atoms with Crippen LogP contribution < -0.4 is 10.1 Å². The third-order valence-corrected chi connectivity index (χ3v) is 3.94. The van der Waals surface area contributed by atoms with Crippen LogP contribution in [0.5, 0.6) is 5.88 Å². The van der Waals surface area contributed by atoms with Gasteiger partial charge in [0, 0.05) is 37.8 Å². The maximum atomic E-state index is 12.5. The molecule has 5 nitrogen and oxygen atoms in total. The first-order valence-electron chi connectivity index (χ1n) is 7.16. The van der Waals surface area contributed by atoms with Gasteiger partial charge in [-0.2, -0.15) is 13.2 Å². The van der Waals surface area contributed by atoms with Crippen LogP contribution in [0.25, 0.3) is 0 Å². The summed E-state index contributed by atoms with van der Waals surface area (Å²) in [5.74, 6) is -0.0765. The number of carbonyl (C=O) groups is 1. The molecule has 3 rings (SSSR count). The van der Waals surface area contributed by atoms with E-state index in [0.29, 0.717) is 25.7 Å². The van der Waals surface area contributed by atoms with Crippen LogP contribution in [0.3, 0.4) is 0 Å². The van der Waals surface area contributed by atoms with Crippen LogP contribution in [0, 0.1) is 0 Å². The molecule has 1 amide bonds. The van der Waals surface area contributed by atoms with Crippen molar-refractivity contribution in [3.63, 3.8) is 0 Å². The number of halogens is 4. The van der Waals surface area contributed by atoms with Crippen LogP contribution in [-0.2, 0) is 11.0 Å². The maximum absolute atomic E-state index is 12.5. The van der Waals surface area contributed by atoms with Crippen LogP contribution in [-0.4, -0.2) is 47.6 Å². The van der Waals surface area contributed by atoms with Crippen LogP contribution in [0.15, 0.2) is 18.3 Å². The molecule has 0 aromatic carbocycles. The van der Waals surface area contributed by atoms with Crippen molar-refractivity contribution in [3.05, 3.63) is 23.9 Å². The summed E-state index contributed by atoms with van der Waals surface area (Å²) in [5, 5.41) is 3.26. The van der Waals surface area contributed by atoms with Gasteiger partial charge >= 0.3 is 6.18 Å². The first kappa shape index (κ1) is 17.8. The minimum Gasteiger partial charge on any atom is -0.464 e. The minimum atomic E-state index is -4.43. The van der Waals surface area contributed by atoms with E-state index in [1.165, 1.54) is 0 Å². The van der Waals surface area contributed by atoms with E-state index in [0.717, 1.165) is 25.1 Å². The van der Waals surface area contributed by atoms with E-state index in [2.05, 4.69) is 10.3 Å². The van der Waals surface area contributed by atoms with E-state index in [1.54, 1.807) is 4.90 Å². The van der Waals surface area contributed by atoms with Gasteiger partial charge in [0.25, 0.3) is 5.91 Å². The van der Waals surface area contributed by atoms with Crippen LogP contribution in [0.1, 0.15) is 18.4 Å². The Kier molecular flexibility index (Phi) is 5.36. The number of pyridine rings is 1. The van der Waals surface area contributed by atoms with Crippen molar-refractivity contribution >= 4 is 18.3 Å². The zero-order valence-electron chi connectivity index (χ0n) is 12.2. The summed E-state index contributed by atoms with van der Waals surface area (Å²) < 4.78 is 42.9. The predicted octanol–water partition coefficient (Wildman–Crippen LogP) is 1.86. The van der Waals surface area contributed by atoms with Gasteiger partial charge in [0.05, 0.1) is 5.56 Å². The summed E-state index contributed by atoms with van der Waals surface area (Å²) in [6.07, 6.45) is -2.98. The highest BCUT2D eigenvalue weighted by Crippen LogP contribution is 2.30. The Morgan fingerprint density at radius 1 is 1.35 bits per heavy atom. The highest BCUT2D eigenvalue weighted by molar-refractivity contribution is 5.85. The molecule has 2 aliphatic heterocycles. The Balaban J connectivity index is 0.00000192. The number of nitrogens with zero attached hydrogens (tertiary/aromatic N) is 2. The highest BCUT2D eigenvalue weighted by Gasteiger charge is 2.41. The van der Waals surface area contributed by atoms with Gasteiger partial charge in [-0.3, -0.25) is 4.79 Å². The zero-order valence-corrected chi connectivity index (χ0v) is 13.0. The quantitative estimate of drug-likeness (QED) is 0.883. The number of ether oxygens (including phenoxy) is 1. The van der Waals surface area contributed by atoms with E-state index in [4.69, 9.17) is 4.74 Å². The summed E-state index contributed by atoms with van der Waals surface area (Å²) >= 11 is 0. The average molecular weight is 352 g/mol. The van der Waals surface area contributed by atoms with Crippen LogP contribution >= 0.6 is 12.4 Å². The molecule has 0 saturated carbocycles. The smallest absolute Gasteiger partial charge is 0.417 e. The third kappa shape index (κ3) is 3.87. The largest absolute Gasteiger partial charge is 0.464 e. The lowest BCUT2D eigenvalue weighted by Gasteiger charge is -2.20. The Morgan fingerprint density at radius 2 is 2.13 bits per heavy atom. The van der Waals surface area contributed by atoms with Gasteiger partial charge in [-0.05, 0) is 19.0 Å². The lowest BCUT2D eigenvalue weighted by Crippen LogP contribution is -2.38. The monoisotopic (exact) mass is 351 g/mol. The zero-order chi connectivity index (χ0) is 15.7. The van der Waals surface area contributed by atoms with Crippen molar-refractivity contribution in [2.24, 2.45) is 0 Å². The molecule has 23 heavy (non-hydrogen) atoms. The predicted molar refractivity (Wildman–Crippen MR) is 78.5 cm³/mol. The molecule has 1 aromatic rings. The average Bonchev–Trinajstić information content (AvgIpc) is 2.65. The summed E-state index contributed by atoms with van der Waals surface area (Å²) in [6, 6.07) is 2.13. The van der Waals surface area contributed by atoms with E-state index < -0.39 is 17.8 Å². The number of nitrogens with one attached hydrogen (secondary N) is 1. The topological polar surface area (TPSA) is 54.5 Å². The van der Waals surface area contributed by atoms with Crippen LogP contribution in [0.4, 0.5) is 13.2 Å². The van der Waals surface area contributed by atoms with Gasteiger partial charge in [0.2, 0.25) is 5.88 Å². The van der Waals surface area contributed by atoms with Gasteiger partial charge < -0.3 is 15.0 Å². The first-order valence-corrected chi connectivity index (χ1v) is 7.16. The lowest BCUT2D eigenvalue weighted by molar-refractivity contribution is -0.138. The normalized spacial score (nSPS) is 24.7. The Hall–Kier alpha value is -1.54. The van der Waals surface area contributed by atoms with E-state index in [9.17, 15) is 18.0 Å². The molecule has 2 aliphatic rings. The summed E-state index contributed by atoms with van der Waals surface area (Å²) in [6.45, 7) is 2.27. The van der Waals surface area contributed by atoms with E-state index in [1.807, 2.05) is 0 Å². The van der Waals surface area contributed by atoms with Gasteiger partial charge in [-0.15, -0.1) is 12.4 Å². The number of rotatable bonds is 2. The molecule has 0 spiro atoms.